The predicted octanol–water partition coefficient (Wildman–Crippen LogP) is 1.97. The van der Waals surface area contributed by atoms with Crippen LogP contribution < -0.4 is 10.6 Å². The summed E-state index contributed by atoms with van der Waals surface area (Å²) in [5, 5.41) is 5.78. The third-order valence-corrected chi connectivity index (χ3v) is 10.6. The van der Waals surface area contributed by atoms with E-state index in [1.165, 1.54) is 23.1 Å². The molecule has 2 N–H and O–H groups in total. The summed E-state index contributed by atoms with van der Waals surface area (Å²) in [6.45, 7) is 0.312. The molecule has 12 nitrogen and oxygen atoms in total. The summed E-state index contributed by atoms with van der Waals surface area (Å²) in [7, 11) is -4.34. The number of carbonyl (C=O) groups is 3. The topological polar surface area (TPSA) is 141 Å². The highest BCUT2D eigenvalue weighted by molar-refractivity contribution is 7.89. The maximum atomic E-state index is 14.2. The van der Waals surface area contributed by atoms with Crippen LogP contribution in [0.3, 0.4) is 0 Å². The van der Waals surface area contributed by atoms with Crippen molar-refractivity contribution in [3.8, 4) is 0 Å². The summed E-state index contributed by atoms with van der Waals surface area (Å²) in [6.07, 6.45) is 3.99. The molecule has 1 aromatic carbocycles. The summed E-state index contributed by atoms with van der Waals surface area (Å²) >= 11 is 12.4. The van der Waals surface area contributed by atoms with E-state index >= 15 is 0 Å². The van der Waals surface area contributed by atoms with Crippen molar-refractivity contribution in [3.63, 3.8) is 0 Å². The summed E-state index contributed by atoms with van der Waals surface area (Å²) in [5.74, 6) is -0.839. The number of carbonyl (C=O) groups excluding carboxylic acids is 3. The van der Waals surface area contributed by atoms with Gasteiger partial charge in [0.15, 0.2) is 6.23 Å². The molecule has 4 fully saturated rings. The van der Waals surface area contributed by atoms with Crippen molar-refractivity contribution in [2.45, 2.75) is 67.5 Å². The Morgan fingerprint density at radius 3 is 2.60 bits per heavy atom. The number of halogens is 2. The van der Waals surface area contributed by atoms with Crippen LogP contribution in [0.5, 0.6) is 0 Å². The molecule has 1 saturated carbocycles. The lowest BCUT2D eigenvalue weighted by molar-refractivity contribution is -0.167. The molecule has 2 aromatic rings. The van der Waals surface area contributed by atoms with Crippen LogP contribution in [-0.4, -0.2) is 95.6 Å². The maximum absolute atomic E-state index is 14.2. The number of fused-ring (bicyclic) bond motifs is 1. The lowest BCUT2D eigenvalue weighted by Gasteiger charge is -2.53. The second kappa shape index (κ2) is 11.6. The molecule has 4 unspecified atom stereocenters. The SMILES string of the molecule is O=C(NC1CN(S(=O)(=O)c2ccc(Cl)cc2Cl)C2CN(C3CC3)C(=O)C(Cc3cccnc3)N2C1=O)OC1CCCN1. The van der Waals surface area contributed by atoms with Gasteiger partial charge in [-0.2, -0.15) is 4.31 Å². The van der Waals surface area contributed by atoms with E-state index in [1.807, 2.05) is 0 Å². The standard InChI is InChI=1S/C27H30Cl2N6O6S/c28-17-5-8-22(19(29)12-17)42(39,40)34-14-20(32-27(38)41-23-4-2-10-31-23)25(36)35-21(11-16-3-1-9-30-13-16)26(37)33(15-24(34)35)18-6-7-18/h1,3,5,8-9,12-13,18,20-21,23-24,31H,2,4,6-7,10-11,14-15H2,(H,32,38). The van der Waals surface area contributed by atoms with Gasteiger partial charge in [-0.1, -0.05) is 29.3 Å². The Morgan fingerprint density at radius 1 is 1.12 bits per heavy atom. The van der Waals surface area contributed by atoms with Crippen LogP contribution in [-0.2, 0) is 30.8 Å². The maximum Gasteiger partial charge on any atom is 0.409 e. The molecule has 0 radical (unpaired) electrons. The van der Waals surface area contributed by atoms with Crippen molar-refractivity contribution >= 4 is 51.1 Å². The van der Waals surface area contributed by atoms with Crippen LogP contribution in [0.4, 0.5) is 4.79 Å². The fourth-order valence-corrected chi connectivity index (χ4v) is 8.17. The molecule has 6 rings (SSSR count). The quantitative estimate of drug-likeness (QED) is 0.470. The third kappa shape index (κ3) is 5.68. The van der Waals surface area contributed by atoms with Gasteiger partial charge in [0.2, 0.25) is 21.8 Å². The minimum absolute atomic E-state index is 0.00756. The minimum atomic E-state index is -4.34. The van der Waals surface area contributed by atoms with Gasteiger partial charge < -0.3 is 19.9 Å². The first-order valence-corrected chi connectivity index (χ1v) is 16.0. The average Bonchev–Trinajstić information content (AvgIpc) is 3.67. The first-order chi connectivity index (χ1) is 20.1. The van der Waals surface area contributed by atoms with Gasteiger partial charge in [-0.15, -0.1) is 0 Å². The monoisotopic (exact) mass is 636 g/mol. The summed E-state index contributed by atoms with van der Waals surface area (Å²) < 4.78 is 35.0. The Hall–Kier alpha value is -2.97. The van der Waals surface area contributed by atoms with Crippen molar-refractivity contribution in [1.29, 1.82) is 0 Å². The highest BCUT2D eigenvalue weighted by atomic mass is 35.5. The first kappa shape index (κ1) is 29.1. The number of aromatic nitrogens is 1. The van der Waals surface area contributed by atoms with Crippen LogP contribution in [0, 0.1) is 0 Å². The van der Waals surface area contributed by atoms with Gasteiger partial charge in [0, 0.05) is 36.4 Å². The zero-order chi connectivity index (χ0) is 29.6. The van der Waals surface area contributed by atoms with Crippen molar-refractivity contribution in [2.75, 3.05) is 19.6 Å². The van der Waals surface area contributed by atoms with Gasteiger partial charge in [-0.25, -0.2) is 13.2 Å². The van der Waals surface area contributed by atoms with E-state index in [9.17, 15) is 22.8 Å². The van der Waals surface area contributed by atoms with E-state index in [0.29, 0.717) is 18.5 Å². The average molecular weight is 638 g/mol. The van der Waals surface area contributed by atoms with Crippen LogP contribution in [0.15, 0.2) is 47.6 Å². The smallest absolute Gasteiger partial charge is 0.409 e. The highest BCUT2D eigenvalue weighted by Gasteiger charge is 2.56. The second-order valence-corrected chi connectivity index (χ2v) is 13.6. The molecule has 4 aliphatic rings. The molecule has 3 saturated heterocycles. The molecular weight excluding hydrogens is 607 g/mol. The van der Waals surface area contributed by atoms with Crippen LogP contribution in [0.25, 0.3) is 0 Å². The molecule has 4 atom stereocenters. The largest absolute Gasteiger partial charge is 0.430 e. The Bertz CT molecular complexity index is 1490. The summed E-state index contributed by atoms with van der Waals surface area (Å²) in [6, 6.07) is 5.22. The third-order valence-electron chi connectivity index (χ3n) is 8.01. The second-order valence-electron chi connectivity index (χ2n) is 10.9. The van der Waals surface area contributed by atoms with Crippen LogP contribution >= 0.6 is 23.2 Å². The molecule has 15 heteroatoms. The number of nitrogens with zero attached hydrogens (tertiary/aromatic N) is 4. The number of benzene rings is 1. The molecular formula is C27H30Cl2N6O6S. The van der Waals surface area contributed by atoms with E-state index in [0.717, 1.165) is 23.6 Å². The predicted molar refractivity (Wildman–Crippen MR) is 152 cm³/mol. The molecule has 0 bridgehead atoms. The molecule has 0 spiro atoms. The molecule has 3 aliphatic heterocycles. The molecule has 4 heterocycles. The number of hydrogen-bond donors (Lipinski definition) is 2. The van der Waals surface area contributed by atoms with E-state index in [2.05, 4.69) is 15.6 Å². The lowest BCUT2D eigenvalue weighted by atomic mass is 9.97. The number of nitrogens with one attached hydrogen (secondary N) is 2. The van der Waals surface area contributed by atoms with Crippen molar-refractivity contribution in [3.05, 3.63) is 58.3 Å². The summed E-state index contributed by atoms with van der Waals surface area (Å²) in [4.78, 5) is 47.7. The van der Waals surface area contributed by atoms with Crippen molar-refractivity contribution < 1.29 is 27.5 Å². The van der Waals surface area contributed by atoms with Gasteiger partial charge in [-0.05, 0) is 62.1 Å². The van der Waals surface area contributed by atoms with Gasteiger partial charge in [0.05, 0.1) is 11.6 Å². The number of sulfonamides is 1. The van der Waals surface area contributed by atoms with Crippen LogP contribution in [0.2, 0.25) is 10.0 Å². The zero-order valence-corrected chi connectivity index (χ0v) is 24.8. The van der Waals surface area contributed by atoms with Gasteiger partial charge in [0.25, 0.3) is 0 Å². The minimum Gasteiger partial charge on any atom is -0.430 e. The Morgan fingerprint density at radius 2 is 1.93 bits per heavy atom. The fourth-order valence-electron chi connectivity index (χ4n) is 5.84. The number of pyridine rings is 1. The zero-order valence-electron chi connectivity index (χ0n) is 22.5. The molecule has 3 amide bonds. The Labute approximate surface area is 253 Å². The van der Waals surface area contributed by atoms with E-state index in [-0.39, 0.29) is 46.4 Å². The Kier molecular flexibility index (Phi) is 8.05. The van der Waals surface area contributed by atoms with Crippen LogP contribution in [0.1, 0.15) is 31.2 Å². The number of piperazine rings is 1. The van der Waals surface area contributed by atoms with Gasteiger partial charge >= 0.3 is 6.09 Å². The number of ether oxygens (including phenoxy) is 1. The highest BCUT2D eigenvalue weighted by Crippen LogP contribution is 2.38. The molecule has 42 heavy (non-hydrogen) atoms. The molecule has 1 aromatic heterocycles. The molecule has 224 valence electrons. The van der Waals surface area contributed by atoms with Crippen molar-refractivity contribution in [2.24, 2.45) is 0 Å². The van der Waals surface area contributed by atoms with E-state index < -0.39 is 46.5 Å². The summed E-state index contributed by atoms with van der Waals surface area (Å²) in [5.41, 5.74) is 0.706. The van der Waals surface area contributed by atoms with Crippen molar-refractivity contribution in [1.82, 2.24) is 29.7 Å². The molecule has 1 aliphatic carbocycles. The lowest BCUT2D eigenvalue weighted by Crippen LogP contribution is -2.76. The Balaban J connectivity index is 1.39. The number of hydrogen-bond acceptors (Lipinski definition) is 8. The van der Waals surface area contributed by atoms with Gasteiger partial charge in [0.1, 0.15) is 23.1 Å². The fraction of sp³-hybridized carbons (Fsp3) is 0.481. The van der Waals surface area contributed by atoms with E-state index in [1.54, 1.807) is 29.4 Å². The van der Waals surface area contributed by atoms with Gasteiger partial charge in [-0.3, -0.25) is 19.9 Å². The number of amides is 3. The normalized spacial score (nSPS) is 26.7. The first-order valence-electron chi connectivity index (χ1n) is 13.8. The number of rotatable bonds is 7. The van der Waals surface area contributed by atoms with E-state index in [4.69, 9.17) is 27.9 Å². The number of alkyl carbamates (subject to hydrolysis) is 1.